The Morgan fingerprint density at radius 1 is 1.12 bits per heavy atom. The highest BCUT2D eigenvalue weighted by Crippen LogP contribution is 2.39. The number of benzene rings is 1. The van der Waals surface area contributed by atoms with Gasteiger partial charge >= 0.3 is 5.97 Å². The molecule has 3 unspecified atom stereocenters. The Bertz CT molecular complexity index is 631. The molecule has 1 aromatic rings. The lowest BCUT2D eigenvalue weighted by Gasteiger charge is -2.33. The van der Waals surface area contributed by atoms with E-state index in [1.165, 1.54) is 4.90 Å². The fourth-order valence-corrected chi connectivity index (χ4v) is 3.98. The topological polar surface area (TPSA) is 86.7 Å². The molecule has 1 heterocycles. The number of likely N-dealkylation sites (tertiary alicyclic amines) is 1. The first-order valence-corrected chi connectivity index (χ1v) is 8.45. The van der Waals surface area contributed by atoms with Crippen LogP contribution in [0.3, 0.4) is 0 Å². The van der Waals surface area contributed by atoms with Gasteiger partial charge in [-0.1, -0.05) is 31.0 Å². The first-order valence-electron chi connectivity index (χ1n) is 8.45. The van der Waals surface area contributed by atoms with E-state index in [0.29, 0.717) is 12.0 Å². The fourth-order valence-electron chi connectivity index (χ4n) is 3.98. The highest BCUT2D eigenvalue weighted by atomic mass is 16.4. The van der Waals surface area contributed by atoms with Gasteiger partial charge in [-0.3, -0.25) is 9.59 Å². The summed E-state index contributed by atoms with van der Waals surface area (Å²) in [7, 11) is 0. The predicted octanol–water partition coefficient (Wildman–Crippen LogP) is 1.66. The highest BCUT2D eigenvalue weighted by Gasteiger charge is 2.47. The molecule has 6 heteroatoms. The molecule has 3 rings (SSSR count). The summed E-state index contributed by atoms with van der Waals surface area (Å²) in [6.07, 6.45) is 4.48. The maximum Gasteiger partial charge on any atom is 0.326 e. The number of carbonyl (C=O) groups excluding carboxylic acids is 2. The van der Waals surface area contributed by atoms with Gasteiger partial charge in [-0.2, -0.15) is 0 Å². The van der Waals surface area contributed by atoms with Crippen molar-refractivity contribution < 1.29 is 19.5 Å². The van der Waals surface area contributed by atoms with E-state index in [1.54, 1.807) is 24.3 Å². The molecular formula is C18H22N2O4. The molecule has 1 aromatic carbocycles. The Morgan fingerprint density at radius 3 is 2.54 bits per heavy atom. The number of hydrogen-bond acceptors (Lipinski definition) is 3. The molecule has 1 saturated carbocycles. The number of hydrogen-bond donors (Lipinski definition) is 2. The van der Waals surface area contributed by atoms with Crippen molar-refractivity contribution >= 4 is 17.8 Å². The Morgan fingerprint density at radius 2 is 1.83 bits per heavy atom. The lowest BCUT2D eigenvalue weighted by Crippen LogP contribution is -2.50. The molecular weight excluding hydrogens is 308 g/mol. The lowest BCUT2D eigenvalue weighted by atomic mass is 9.85. The zero-order valence-electron chi connectivity index (χ0n) is 13.5. The van der Waals surface area contributed by atoms with Crippen LogP contribution in [0.1, 0.15) is 42.5 Å². The average Bonchev–Trinajstić information content (AvgIpc) is 3.00. The number of carbonyl (C=O) groups is 3. The van der Waals surface area contributed by atoms with Crippen LogP contribution in [0, 0.1) is 5.92 Å². The van der Waals surface area contributed by atoms with Gasteiger partial charge in [0.15, 0.2) is 0 Å². The maximum absolute atomic E-state index is 12.6. The lowest BCUT2D eigenvalue weighted by molar-refractivity contribution is -0.149. The molecule has 0 radical (unpaired) electrons. The Hall–Kier alpha value is -2.37. The molecule has 3 atom stereocenters. The summed E-state index contributed by atoms with van der Waals surface area (Å²) in [6.45, 7) is -0.166. The number of nitrogens with zero attached hydrogens (tertiary/aromatic N) is 1. The summed E-state index contributed by atoms with van der Waals surface area (Å²) < 4.78 is 0. The highest BCUT2D eigenvalue weighted by molar-refractivity contribution is 5.97. The van der Waals surface area contributed by atoms with Gasteiger partial charge in [0, 0.05) is 11.6 Å². The molecule has 0 spiro atoms. The number of carboxylic acid groups (broad SMARTS) is 1. The van der Waals surface area contributed by atoms with Gasteiger partial charge in [0.25, 0.3) is 5.91 Å². The second-order valence-corrected chi connectivity index (χ2v) is 6.55. The van der Waals surface area contributed by atoms with E-state index in [9.17, 15) is 19.5 Å². The SMILES string of the molecule is O=C(NCC(=O)N1C(C(=O)O)CC2CCCCC21)c1ccccc1. The molecule has 2 aliphatic rings. The quantitative estimate of drug-likeness (QED) is 0.879. The van der Waals surface area contributed by atoms with Crippen molar-refractivity contribution in [2.24, 2.45) is 5.92 Å². The van der Waals surface area contributed by atoms with Crippen LogP contribution < -0.4 is 5.32 Å². The minimum absolute atomic E-state index is 0.000905. The zero-order valence-corrected chi connectivity index (χ0v) is 13.5. The Balaban J connectivity index is 1.66. The van der Waals surface area contributed by atoms with E-state index in [4.69, 9.17) is 0 Å². The van der Waals surface area contributed by atoms with Gasteiger partial charge in [0.2, 0.25) is 5.91 Å². The molecule has 0 bridgehead atoms. The first kappa shape index (κ1) is 16.5. The van der Waals surface area contributed by atoms with E-state index in [2.05, 4.69) is 5.32 Å². The van der Waals surface area contributed by atoms with Gasteiger partial charge in [0.05, 0.1) is 6.54 Å². The van der Waals surface area contributed by atoms with Crippen molar-refractivity contribution in [1.82, 2.24) is 10.2 Å². The van der Waals surface area contributed by atoms with Crippen molar-refractivity contribution in [2.75, 3.05) is 6.54 Å². The third-order valence-electron chi connectivity index (χ3n) is 5.10. The van der Waals surface area contributed by atoms with Crippen molar-refractivity contribution in [3.63, 3.8) is 0 Å². The summed E-state index contributed by atoms with van der Waals surface area (Å²) >= 11 is 0. The maximum atomic E-state index is 12.6. The van der Waals surface area contributed by atoms with Gasteiger partial charge in [-0.05, 0) is 37.3 Å². The summed E-state index contributed by atoms with van der Waals surface area (Å²) in [4.78, 5) is 37.7. The number of amides is 2. The second-order valence-electron chi connectivity index (χ2n) is 6.55. The minimum atomic E-state index is -0.952. The van der Waals surface area contributed by atoms with Gasteiger partial charge in [-0.25, -0.2) is 4.79 Å². The largest absolute Gasteiger partial charge is 0.480 e. The van der Waals surface area contributed by atoms with E-state index in [0.717, 1.165) is 25.7 Å². The summed E-state index contributed by atoms with van der Waals surface area (Å²) in [5.41, 5.74) is 0.483. The van der Waals surface area contributed by atoms with Crippen molar-refractivity contribution in [2.45, 2.75) is 44.2 Å². The normalized spacial score (nSPS) is 25.8. The summed E-state index contributed by atoms with van der Waals surface area (Å²) in [5.74, 6) is -1.31. The van der Waals surface area contributed by atoms with Gasteiger partial charge < -0.3 is 15.3 Å². The molecule has 24 heavy (non-hydrogen) atoms. The van der Waals surface area contributed by atoms with Crippen LogP contribution in [0.2, 0.25) is 0 Å². The van der Waals surface area contributed by atoms with E-state index in [-0.39, 0.29) is 30.3 Å². The second kappa shape index (κ2) is 7.03. The zero-order chi connectivity index (χ0) is 17.1. The molecule has 2 N–H and O–H groups in total. The van der Waals surface area contributed by atoms with Crippen LogP contribution in [0.5, 0.6) is 0 Å². The standard InChI is InChI=1S/C18H22N2O4/c21-16(11-19-17(22)12-6-2-1-3-7-12)20-14-9-5-4-8-13(14)10-15(20)18(23)24/h1-3,6-7,13-15H,4-5,8-11H2,(H,19,22)(H,23,24). The van der Waals surface area contributed by atoms with Gasteiger partial charge in [-0.15, -0.1) is 0 Å². The first-order chi connectivity index (χ1) is 11.6. The molecule has 1 aliphatic carbocycles. The van der Waals surface area contributed by atoms with E-state index < -0.39 is 12.0 Å². The third kappa shape index (κ3) is 3.27. The van der Waals surface area contributed by atoms with Crippen LogP contribution in [0.4, 0.5) is 0 Å². The molecule has 6 nitrogen and oxygen atoms in total. The minimum Gasteiger partial charge on any atom is -0.480 e. The Kier molecular flexibility index (Phi) is 4.83. The molecule has 0 aromatic heterocycles. The number of nitrogens with one attached hydrogen (secondary N) is 1. The van der Waals surface area contributed by atoms with Crippen LogP contribution in [0.25, 0.3) is 0 Å². The van der Waals surface area contributed by atoms with Crippen LogP contribution in [0.15, 0.2) is 30.3 Å². The summed E-state index contributed by atoms with van der Waals surface area (Å²) in [5, 5.41) is 12.1. The Labute approximate surface area is 140 Å². The number of rotatable bonds is 4. The predicted molar refractivity (Wildman–Crippen MR) is 87.4 cm³/mol. The molecule has 2 amide bonds. The molecule has 2 fully saturated rings. The fraction of sp³-hybridized carbons (Fsp3) is 0.500. The molecule has 1 saturated heterocycles. The summed E-state index contributed by atoms with van der Waals surface area (Å²) in [6, 6.07) is 7.90. The third-order valence-corrected chi connectivity index (χ3v) is 5.10. The van der Waals surface area contributed by atoms with Gasteiger partial charge in [0.1, 0.15) is 6.04 Å². The number of fused-ring (bicyclic) bond motifs is 1. The van der Waals surface area contributed by atoms with Crippen molar-refractivity contribution in [3.8, 4) is 0 Å². The average molecular weight is 330 g/mol. The van der Waals surface area contributed by atoms with E-state index in [1.807, 2.05) is 6.07 Å². The van der Waals surface area contributed by atoms with Crippen molar-refractivity contribution in [3.05, 3.63) is 35.9 Å². The van der Waals surface area contributed by atoms with Crippen LogP contribution in [-0.4, -0.2) is 46.4 Å². The number of aliphatic carboxylic acids is 1. The number of carboxylic acids is 1. The van der Waals surface area contributed by atoms with Crippen LogP contribution in [-0.2, 0) is 9.59 Å². The van der Waals surface area contributed by atoms with Crippen LogP contribution >= 0.6 is 0 Å². The van der Waals surface area contributed by atoms with Crippen molar-refractivity contribution in [1.29, 1.82) is 0 Å². The molecule has 128 valence electrons. The molecule has 1 aliphatic heterocycles. The van der Waals surface area contributed by atoms with E-state index >= 15 is 0 Å². The smallest absolute Gasteiger partial charge is 0.326 e. The monoisotopic (exact) mass is 330 g/mol.